The maximum absolute atomic E-state index is 12.0. The molecule has 0 saturated carbocycles. The van der Waals surface area contributed by atoms with Crippen molar-refractivity contribution in [1.29, 1.82) is 0 Å². The van der Waals surface area contributed by atoms with Gasteiger partial charge in [-0.05, 0) is 19.8 Å². The summed E-state index contributed by atoms with van der Waals surface area (Å²) in [5, 5.41) is 6.34. The highest BCUT2D eigenvalue weighted by molar-refractivity contribution is 14.0. The first-order chi connectivity index (χ1) is 11.5. The van der Waals surface area contributed by atoms with E-state index in [1.54, 1.807) is 0 Å². The molecule has 8 nitrogen and oxygen atoms in total. The Labute approximate surface area is 167 Å². The lowest BCUT2D eigenvalue weighted by atomic mass is 10.4. The third-order valence-corrected chi connectivity index (χ3v) is 5.94. The molecule has 0 bridgehead atoms. The molecular formula is C15H30IN5O3S. The van der Waals surface area contributed by atoms with Gasteiger partial charge in [-0.3, -0.25) is 9.69 Å². The van der Waals surface area contributed by atoms with Crippen LogP contribution in [0.1, 0.15) is 19.8 Å². The lowest BCUT2D eigenvalue weighted by Crippen LogP contribution is -2.46. The molecule has 0 spiro atoms. The monoisotopic (exact) mass is 487 g/mol. The molecule has 0 aromatic heterocycles. The van der Waals surface area contributed by atoms with Crippen molar-refractivity contribution in [3.63, 3.8) is 0 Å². The zero-order valence-electron chi connectivity index (χ0n) is 14.9. The average molecular weight is 487 g/mol. The van der Waals surface area contributed by atoms with Crippen LogP contribution in [-0.4, -0.2) is 93.9 Å². The van der Waals surface area contributed by atoms with Crippen molar-refractivity contribution < 1.29 is 13.2 Å². The molecule has 2 aliphatic rings. The van der Waals surface area contributed by atoms with Gasteiger partial charge in [-0.15, -0.1) is 24.0 Å². The Morgan fingerprint density at radius 3 is 2.32 bits per heavy atom. The number of carbonyl (C=O) groups is 1. The highest BCUT2D eigenvalue weighted by Crippen LogP contribution is 2.07. The normalized spacial score (nSPS) is 20.8. The number of hydrogen-bond donors (Lipinski definition) is 2. The van der Waals surface area contributed by atoms with Gasteiger partial charge < -0.3 is 15.5 Å². The number of sulfone groups is 1. The molecule has 2 saturated heterocycles. The highest BCUT2D eigenvalue weighted by Gasteiger charge is 2.21. The zero-order valence-corrected chi connectivity index (χ0v) is 18.0. The van der Waals surface area contributed by atoms with E-state index in [1.807, 2.05) is 11.8 Å². The molecule has 0 atom stereocenters. The molecule has 146 valence electrons. The molecule has 2 aliphatic heterocycles. The Balaban J connectivity index is 0.00000312. The number of likely N-dealkylation sites (tertiary alicyclic amines) is 1. The quantitative estimate of drug-likeness (QED) is 0.299. The Morgan fingerprint density at radius 2 is 1.72 bits per heavy atom. The van der Waals surface area contributed by atoms with E-state index in [0.717, 1.165) is 39.0 Å². The molecule has 2 rings (SSSR count). The van der Waals surface area contributed by atoms with E-state index in [-0.39, 0.29) is 47.9 Å². The number of hydrogen-bond acceptors (Lipinski definition) is 5. The minimum Gasteiger partial charge on any atom is -0.357 e. The molecule has 0 aromatic carbocycles. The number of nitrogens with one attached hydrogen (secondary N) is 2. The molecular weight excluding hydrogens is 457 g/mol. The van der Waals surface area contributed by atoms with Gasteiger partial charge in [0.2, 0.25) is 5.91 Å². The van der Waals surface area contributed by atoms with Gasteiger partial charge in [0.15, 0.2) is 15.8 Å². The summed E-state index contributed by atoms with van der Waals surface area (Å²) in [6.45, 7) is 7.17. The van der Waals surface area contributed by atoms with Crippen LogP contribution in [0.2, 0.25) is 0 Å². The van der Waals surface area contributed by atoms with Crippen LogP contribution < -0.4 is 10.6 Å². The van der Waals surface area contributed by atoms with Crippen molar-refractivity contribution in [1.82, 2.24) is 20.4 Å². The zero-order chi connectivity index (χ0) is 17.4. The van der Waals surface area contributed by atoms with E-state index < -0.39 is 9.84 Å². The summed E-state index contributed by atoms with van der Waals surface area (Å²) in [5.74, 6) is 1.19. The van der Waals surface area contributed by atoms with Gasteiger partial charge in [0.1, 0.15) is 6.54 Å². The van der Waals surface area contributed by atoms with Gasteiger partial charge >= 0.3 is 0 Å². The van der Waals surface area contributed by atoms with Crippen molar-refractivity contribution >= 4 is 45.7 Å². The number of guanidine groups is 1. The van der Waals surface area contributed by atoms with Crippen LogP contribution in [0.25, 0.3) is 0 Å². The van der Waals surface area contributed by atoms with Crippen molar-refractivity contribution in [3.05, 3.63) is 0 Å². The molecule has 0 radical (unpaired) electrons. The third-order valence-electron chi connectivity index (χ3n) is 4.33. The predicted octanol–water partition coefficient (Wildman–Crippen LogP) is -0.488. The number of carbonyl (C=O) groups excluding carboxylic acids is 1. The van der Waals surface area contributed by atoms with Gasteiger partial charge in [0.05, 0.1) is 11.5 Å². The van der Waals surface area contributed by atoms with E-state index in [2.05, 4.69) is 20.5 Å². The lowest BCUT2D eigenvalue weighted by molar-refractivity contribution is -0.128. The molecule has 0 unspecified atom stereocenters. The number of nitrogens with zero attached hydrogens (tertiary/aromatic N) is 3. The van der Waals surface area contributed by atoms with Crippen LogP contribution >= 0.6 is 24.0 Å². The van der Waals surface area contributed by atoms with Gasteiger partial charge in [-0.2, -0.15) is 0 Å². The number of rotatable bonds is 6. The second-order valence-corrected chi connectivity index (χ2v) is 8.51. The fraction of sp³-hybridized carbons (Fsp3) is 0.867. The van der Waals surface area contributed by atoms with Crippen molar-refractivity contribution in [2.45, 2.75) is 19.8 Å². The maximum Gasteiger partial charge on any atom is 0.244 e. The van der Waals surface area contributed by atoms with Crippen molar-refractivity contribution in [2.24, 2.45) is 4.99 Å². The second kappa shape index (κ2) is 11.2. The standard InChI is InChI=1S/C15H29N5O3S.HI/c1-2-16-15(18-13-14(21)20-6-3-4-7-20)17-5-8-19-9-11-24(22,23)12-10-19;/h2-13H2,1H3,(H2,16,17,18);1H. The summed E-state index contributed by atoms with van der Waals surface area (Å²) in [5.41, 5.74) is 0. The van der Waals surface area contributed by atoms with E-state index in [4.69, 9.17) is 0 Å². The summed E-state index contributed by atoms with van der Waals surface area (Å²) in [6.07, 6.45) is 2.17. The number of aliphatic imine (C=N–C) groups is 1. The summed E-state index contributed by atoms with van der Waals surface area (Å²) in [4.78, 5) is 20.4. The summed E-state index contributed by atoms with van der Waals surface area (Å²) in [6, 6.07) is 0. The summed E-state index contributed by atoms with van der Waals surface area (Å²) >= 11 is 0. The minimum absolute atomic E-state index is 0. The average Bonchev–Trinajstić information content (AvgIpc) is 3.08. The van der Waals surface area contributed by atoms with Gasteiger partial charge in [-0.1, -0.05) is 0 Å². The number of amides is 1. The lowest BCUT2D eigenvalue weighted by Gasteiger charge is -2.26. The first-order valence-electron chi connectivity index (χ1n) is 8.73. The van der Waals surface area contributed by atoms with E-state index in [1.165, 1.54) is 0 Å². The molecule has 0 aromatic rings. The summed E-state index contributed by atoms with van der Waals surface area (Å²) < 4.78 is 22.8. The molecule has 10 heteroatoms. The highest BCUT2D eigenvalue weighted by atomic mass is 127. The Kier molecular flexibility index (Phi) is 10.0. The Hall–Kier alpha value is -0.620. The van der Waals surface area contributed by atoms with Crippen LogP contribution in [0.5, 0.6) is 0 Å². The molecule has 1 amide bonds. The second-order valence-electron chi connectivity index (χ2n) is 6.20. The molecule has 2 N–H and O–H groups in total. The van der Waals surface area contributed by atoms with E-state index >= 15 is 0 Å². The molecule has 0 aliphatic carbocycles. The van der Waals surface area contributed by atoms with E-state index in [0.29, 0.717) is 25.6 Å². The first-order valence-corrected chi connectivity index (χ1v) is 10.5. The van der Waals surface area contributed by atoms with Crippen LogP contribution in [0.4, 0.5) is 0 Å². The Morgan fingerprint density at radius 1 is 1.08 bits per heavy atom. The Bertz CT molecular complexity index is 535. The first kappa shape index (κ1) is 22.4. The maximum atomic E-state index is 12.0. The fourth-order valence-corrected chi connectivity index (χ4v) is 4.14. The van der Waals surface area contributed by atoms with E-state index in [9.17, 15) is 13.2 Å². The predicted molar refractivity (Wildman–Crippen MR) is 110 cm³/mol. The smallest absolute Gasteiger partial charge is 0.244 e. The molecule has 25 heavy (non-hydrogen) atoms. The van der Waals surface area contributed by atoms with Crippen LogP contribution in [0.3, 0.4) is 0 Å². The molecule has 2 heterocycles. The van der Waals surface area contributed by atoms with Crippen LogP contribution in [0.15, 0.2) is 4.99 Å². The van der Waals surface area contributed by atoms with Crippen LogP contribution in [0, 0.1) is 0 Å². The largest absolute Gasteiger partial charge is 0.357 e. The van der Waals surface area contributed by atoms with Gasteiger partial charge in [0.25, 0.3) is 0 Å². The SMILES string of the molecule is CCNC(=NCC(=O)N1CCCC1)NCCN1CCS(=O)(=O)CC1.I. The molecule has 2 fully saturated rings. The van der Waals surface area contributed by atoms with Crippen molar-refractivity contribution in [2.75, 3.05) is 63.9 Å². The fourth-order valence-electron chi connectivity index (χ4n) is 2.86. The third kappa shape index (κ3) is 8.07. The number of halogens is 1. The summed E-state index contributed by atoms with van der Waals surface area (Å²) in [7, 11) is -2.83. The van der Waals surface area contributed by atoms with Gasteiger partial charge in [0, 0.05) is 45.8 Å². The van der Waals surface area contributed by atoms with Crippen molar-refractivity contribution in [3.8, 4) is 0 Å². The topological polar surface area (TPSA) is 94.1 Å². The van der Waals surface area contributed by atoms with Crippen LogP contribution in [-0.2, 0) is 14.6 Å². The minimum atomic E-state index is -2.83. The van der Waals surface area contributed by atoms with Gasteiger partial charge in [-0.25, -0.2) is 13.4 Å².